The van der Waals surface area contributed by atoms with Crippen LogP contribution in [-0.2, 0) is 6.42 Å². The van der Waals surface area contributed by atoms with Gasteiger partial charge >= 0.3 is 0 Å². The van der Waals surface area contributed by atoms with Crippen LogP contribution in [0.15, 0.2) is 83.4 Å². The Hall–Kier alpha value is -3.77. The number of anilines is 3. The topological polar surface area (TPSA) is 52.8 Å². The number of piperazine rings is 1. The van der Waals surface area contributed by atoms with Gasteiger partial charge in [0.2, 0.25) is 0 Å². The number of benzene rings is 3. The summed E-state index contributed by atoms with van der Waals surface area (Å²) >= 11 is 6.07. The number of allylic oxidation sites excluding steroid dienone is 1. The third-order valence-corrected chi connectivity index (χ3v) is 6.65. The summed E-state index contributed by atoms with van der Waals surface area (Å²) in [6, 6.07) is 22.2. The van der Waals surface area contributed by atoms with E-state index in [1.165, 1.54) is 5.56 Å². The second-order valence-electron chi connectivity index (χ2n) is 8.49. The summed E-state index contributed by atoms with van der Waals surface area (Å²) in [5.74, 6) is 0.0380. The number of para-hydroxylation sites is 2. The molecule has 1 aromatic heterocycles. The zero-order valence-electron chi connectivity index (χ0n) is 18.5. The van der Waals surface area contributed by atoms with Crippen molar-refractivity contribution in [1.82, 2.24) is 9.88 Å². The fourth-order valence-corrected chi connectivity index (χ4v) is 4.81. The van der Waals surface area contributed by atoms with Gasteiger partial charge in [0.15, 0.2) is 5.58 Å². The van der Waals surface area contributed by atoms with Crippen LogP contribution < -0.4 is 9.80 Å². The fourth-order valence-electron chi connectivity index (χ4n) is 4.65. The van der Waals surface area contributed by atoms with Crippen LogP contribution in [0.25, 0.3) is 11.1 Å². The molecule has 2 aliphatic heterocycles. The maximum atomic E-state index is 13.6. The van der Waals surface area contributed by atoms with Crippen molar-refractivity contribution in [3.05, 3.63) is 95.2 Å². The first-order valence-corrected chi connectivity index (χ1v) is 11.8. The average Bonchev–Trinajstić information content (AvgIpc) is 3.31. The highest BCUT2D eigenvalue weighted by atomic mass is 35.5. The van der Waals surface area contributed by atoms with E-state index in [0.717, 1.165) is 23.3 Å². The molecule has 3 aromatic carbocycles. The molecular formula is C27H23ClN4O2. The maximum Gasteiger partial charge on any atom is 0.298 e. The normalized spacial score (nSPS) is 15.6. The first-order chi connectivity index (χ1) is 16.7. The second kappa shape index (κ2) is 8.54. The molecule has 6 rings (SSSR count). The number of nitrogens with zero attached hydrogens (tertiary/aromatic N) is 4. The van der Waals surface area contributed by atoms with Gasteiger partial charge in [-0.05, 0) is 42.3 Å². The van der Waals surface area contributed by atoms with Crippen LogP contribution in [-0.4, -0.2) is 42.0 Å². The third kappa shape index (κ3) is 3.70. The van der Waals surface area contributed by atoms with Gasteiger partial charge in [-0.2, -0.15) is 4.98 Å². The van der Waals surface area contributed by atoms with Gasteiger partial charge in [-0.1, -0.05) is 48.0 Å². The maximum absolute atomic E-state index is 13.6. The molecule has 1 fully saturated rings. The SMILES string of the molecule is O=C(c1ccccc1N1C=CCc2ccccc21)N1CCN(c2nc3ccc(Cl)cc3o2)CC1. The van der Waals surface area contributed by atoms with Crippen LogP contribution in [0.2, 0.25) is 5.02 Å². The molecule has 34 heavy (non-hydrogen) atoms. The van der Waals surface area contributed by atoms with Gasteiger partial charge < -0.3 is 19.1 Å². The number of halogens is 1. The van der Waals surface area contributed by atoms with Crippen molar-refractivity contribution in [2.45, 2.75) is 6.42 Å². The van der Waals surface area contributed by atoms with E-state index < -0.39 is 0 Å². The Morgan fingerprint density at radius 2 is 1.68 bits per heavy atom. The fraction of sp³-hybridized carbons (Fsp3) is 0.185. The Kier molecular flexibility index (Phi) is 5.23. The van der Waals surface area contributed by atoms with Gasteiger partial charge in [-0.25, -0.2) is 0 Å². The zero-order chi connectivity index (χ0) is 23.1. The summed E-state index contributed by atoms with van der Waals surface area (Å²) in [6.45, 7) is 2.50. The van der Waals surface area contributed by atoms with Crippen LogP contribution in [0.5, 0.6) is 0 Å². The number of hydrogen-bond acceptors (Lipinski definition) is 5. The molecule has 0 radical (unpaired) electrons. The Balaban J connectivity index is 1.22. The predicted octanol–water partition coefficient (Wildman–Crippen LogP) is 5.65. The molecule has 1 saturated heterocycles. The predicted molar refractivity (Wildman–Crippen MR) is 135 cm³/mol. The monoisotopic (exact) mass is 470 g/mol. The van der Waals surface area contributed by atoms with Crippen LogP contribution in [0.3, 0.4) is 0 Å². The molecule has 1 amide bonds. The van der Waals surface area contributed by atoms with Crippen molar-refractivity contribution in [2.75, 3.05) is 36.0 Å². The minimum absolute atomic E-state index is 0.0380. The quantitative estimate of drug-likeness (QED) is 0.387. The average molecular weight is 471 g/mol. The van der Waals surface area contributed by atoms with E-state index in [9.17, 15) is 4.79 Å². The second-order valence-corrected chi connectivity index (χ2v) is 8.93. The van der Waals surface area contributed by atoms with E-state index in [1.807, 2.05) is 41.3 Å². The molecule has 0 spiro atoms. The van der Waals surface area contributed by atoms with Crippen molar-refractivity contribution in [3.8, 4) is 0 Å². The number of carbonyl (C=O) groups excluding carboxylic acids is 1. The first-order valence-electron chi connectivity index (χ1n) is 11.4. The lowest BCUT2D eigenvalue weighted by Crippen LogP contribution is -2.49. The largest absolute Gasteiger partial charge is 0.423 e. The number of fused-ring (bicyclic) bond motifs is 2. The van der Waals surface area contributed by atoms with Gasteiger partial charge in [-0.3, -0.25) is 4.79 Å². The smallest absolute Gasteiger partial charge is 0.298 e. The van der Waals surface area contributed by atoms with Crippen molar-refractivity contribution >= 4 is 46.0 Å². The number of aromatic nitrogens is 1. The lowest BCUT2D eigenvalue weighted by Gasteiger charge is -2.35. The molecule has 0 N–H and O–H groups in total. The Labute approximate surface area is 202 Å². The highest BCUT2D eigenvalue weighted by molar-refractivity contribution is 6.31. The van der Waals surface area contributed by atoms with Crippen molar-refractivity contribution in [1.29, 1.82) is 0 Å². The Morgan fingerprint density at radius 3 is 2.53 bits per heavy atom. The molecule has 0 unspecified atom stereocenters. The lowest BCUT2D eigenvalue weighted by atomic mass is 10.0. The van der Waals surface area contributed by atoms with Crippen LogP contribution in [0, 0.1) is 0 Å². The van der Waals surface area contributed by atoms with Gasteiger partial charge in [0.1, 0.15) is 5.52 Å². The minimum Gasteiger partial charge on any atom is -0.423 e. The molecule has 0 aliphatic carbocycles. The Morgan fingerprint density at radius 1 is 0.912 bits per heavy atom. The van der Waals surface area contributed by atoms with E-state index in [0.29, 0.717) is 48.4 Å². The van der Waals surface area contributed by atoms with E-state index in [-0.39, 0.29) is 5.91 Å². The molecule has 0 bridgehead atoms. The van der Waals surface area contributed by atoms with Gasteiger partial charge in [0.25, 0.3) is 11.9 Å². The summed E-state index contributed by atoms with van der Waals surface area (Å²) in [6.07, 6.45) is 5.09. The number of oxazole rings is 1. The van der Waals surface area contributed by atoms with Gasteiger partial charge in [0, 0.05) is 49.2 Å². The summed E-state index contributed by atoms with van der Waals surface area (Å²) < 4.78 is 5.91. The van der Waals surface area contributed by atoms with E-state index in [1.54, 1.807) is 12.1 Å². The van der Waals surface area contributed by atoms with E-state index in [4.69, 9.17) is 16.0 Å². The first kappa shape index (κ1) is 20.8. The van der Waals surface area contributed by atoms with Crippen LogP contribution in [0.1, 0.15) is 15.9 Å². The molecule has 0 saturated carbocycles. The lowest BCUT2D eigenvalue weighted by molar-refractivity contribution is 0.0746. The van der Waals surface area contributed by atoms with E-state index in [2.05, 4.69) is 45.3 Å². The minimum atomic E-state index is 0.0380. The number of hydrogen-bond donors (Lipinski definition) is 0. The Bertz CT molecular complexity index is 1400. The van der Waals surface area contributed by atoms with Gasteiger partial charge in [0.05, 0.1) is 11.3 Å². The molecule has 4 aromatic rings. The van der Waals surface area contributed by atoms with Crippen molar-refractivity contribution in [3.63, 3.8) is 0 Å². The molecule has 170 valence electrons. The highest BCUT2D eigenvalue weighted by Gasteiger charge is 2.27. The standard InChI is InChI=1S/C27H23ClN4O2/c28-20-11-12-22-25(18-20)34-27(29-22)31-16-14-30(15-17-31)26(33)21-8-2-4-10-24(21)32-13-5-7-19-6-1-3-9-23(19)32/h1-6,8-13,18H,7,14-17H2. The third-order valence-electron chi connectivity index (χ3n) is 6.41. The summed E-state index contributed by atoms with van der Waals surface area (Å²) in [5, 5.41) is 0.621. The van der Waals surface area contributed by atoms with Gasteiger partial charge in [-0.15, -0.1) is 0 Å². The molecule has 2 aliphatic rings. The van der Waals surface area contributed by atoms with Crippen LogP contribution in [0.4, 0.5) is 17.4 Å². The van der Waals surface area contributed by atoms with Crippen molar-refractivity contribution in [2.24, 2.45) is 0 Å². The molecule has 0 atom stereocenters. The number of rotatable bonds is 3. The summed E-state index contributed by atoms with van der Waals surface area (Å²) in [4.78, 5) is 24.3. The van der Waals surface area contributed by atoms with Crippen LogP contribution >= 0.6 is 11.6 Å². The number of carbonyl (C=O) groups is 1. The summed E-state index contributed by atoms with van der Waals surface area (Å²) in [7, 11) is 0. The highest BCUT2D eigenvalue weighted by Crippen LogP contribution is 2.35. The summed E-state index contributed by atoms with van der Waals surface area (Å²) in [5.41, 5.74) is 5.42. The number of amides is 1. The molecular weight excluding hydrogens is 448 g/mol. The zero-order valence-corrected chi connectivity index (χ0v) is 19.3. The molecule has 3 heterocycles. The van der Waals surface area contributed by atoms with E-state index >= 15 is 0 Å². The van der Waals surface area contributed by atoms with Crippen molar-refractivity contribution < 1.29 is 9.21 Å². The molecule has 6 nitrogen and oxygen atoms in total. The molecule has 7 heteroatoms.